The van der Waals surface area contributed by atoms with Crippen LogP contribution in [0.4, 0.5) is 13.2 Å². The molecule has 7 nitrogen and oxygen atoms in total. The average Bonchev–Trinajstić information content (AvgIpc) is 2.81. The van der Waals surface area contributed by atoms with Gasteiger partial charge in [-0.15, -0.1) is 0 Å². The number of carbonyl (C=O) groups is 2. The second-order valence-electron chi connectivity index (χ2n) is 8.45. The molecule has 0 atom stereocenters. The molecule has 194 valence electrons. The lowest BCUT2D eigenvalue weighted by molar-refractivity contribution is -0.116. The van der Waals surface area contributed by atoms with Gasteiger partial charge < -0.3 is 9.50 Å². The van der Waals surface area contributed by atoms with Gasteiger partial charge in [-0.1, -0.05) is 30.3 Å². The van der Waals surface area contributed by atoms with E-state index in [2.05, 4.69) is 14.4 Å². The topological polar surface area (TPSA) is 92.8 Å². The molecule has 0 fully saturated rings. The molecule has 1 amide bonds. The third kappa shape index (κ3) is 7.66. The standard InChI is InChI=1S/C25H27F3N2O5S/c1-18(31)20-7-4-19(5-8-20)6-11-24(32)29-13-2-3-14-30-15-12-21-9-10-23(16-22(21)17-30)35-36(33,34)25(26,27)28/h4-11,16H,2-3,12-15,17H2,1H3,(H,29,32). The number of hydrogen-bond acceptors (Lipinski definition) is 6. The number of hydrogen-bond donors (Lipinski definition) is 1. The molecule has 11 heteroatoms. The molecule has 0 radical (unpaired) electrons. The molecule has 3 rings (SSSR count). The van der Waals surface area contributed by atoms with E-state index >= 15 is 0 Å². The van der Waals surface area contributed by atoms with E-state index in [1.807, 2.05) is 0 Å². The lowest BCUT2D eigenvalue weighted by atomic mass is 9.99. The smallest absolute Gasteiger partial charge is 0.376 e. The number of nitrogens with one attached hydrogen (secondary N) is 1. The molecule has 0 spiro atoms. The third-order valence-corrected chi connectivity index (χ3v) is 6.68. The average molecular weight is 525 g/mol. The van der Waals surface area contributed by atoms with Crippen LogP contribution in [0.3, 0.4) is 0 Å². The first-order valence-corrected chi connectivity index (χ1v) is 12.8. The lowest BCUT2D eigenvalue weighted by Crippen LogP contribution is -2.32. The minimum absolute atomic E-state index is 0.0211. The van der Waals surface area contributed by atoms with Gasteiger partial charge in [-0.25, -0.2) is 0 Å². The second-order valence-corrected chi connectivity index (χ2v) is 9.99. The van der Waals surface area contributed by atoms with Gasteiger partial charge in [0.15, 0.2) is 5.78 Å². The number of benzene rings is 2. The highest BCUT2D eigenvalue weighted by molar-refractivity contribution is 7.88. The maximum atomic E-state index is 12.6. The van der Waals surface area contributed by atoms with E-state index in [0.29, 0.717) is 25.1 Å². The summed E-state index contributed by atoms with van der Waals surface area (Å²) in [6, 6.07) is 11.1. The number of carbonyl (C=O) groups excluding carboxylic acids is 2. The number of rotatable bonds is 10. The van der Waals surface area contributed by atoms with Gasteiger partial charge in [0.1, 0.15) is 5.75 Å². The normalized spacial score (nSPS) is 14.4. The predicted molar refractivity (Wildman–Crippen MR) is 129 cm³/mol. The first-order valence-electron chi connectivity index (χ1n) is 11.4. The molecule has 0 saturated heterocycles. The van der Waals surface area contributed by atoms with E-state index in [9.17, 15) is 31.2 Å². The minimum Gasteiger partial charge on any atom is -0.376 e. The van der Waals surface area contributed by atoms with Crippen molar-refractivity contribution in [3.05, 3.63) is 70.8 Å². The van der Waals surface area contributed by atoms with Gasteiger partial charge in [-0.05, 0) is 67.6 Å². The summed E-state index contributed by atoms with van der Waals surface area (Å²) in [5.74, 6) is -0.607. The van der Waals surface area contributed by atoms with Crippen LogP contribution in [0.1, 0.15) is 46.8 Å². The van der Waals surface area contributed by atoms with E-state index < -0.39 is 15.6 Å². The highest BCUT2D eigenvalue weighted by atomic mass is 32.2. The number of Topliss-reactive ketones (excluding diaryl/α,β-unsaturated/α-hetero) is 1. The molecule has 2 aromatic rings. The monoisotopic (exact) mass is 524 g/mol. The molecule has 0 unspecified atom stereocenters. The number of nitrogens with zero attached hydrogens (tertiary/aromatic N) is 1. The molecule has 1 aliphatic heterocycles. The van der Waals surface area contributed by atoms with Crippen LogP contribution in [0, 0.1) is 0 Å². The summed E-state index contributed by atoms with van der Waals surface area (Å²) in [4.78, 5) is 25.4. The van der Waals surface area contributed by atoms with Crippen LogP contribution < -0.4 is 9.50 Å². The van der Waals surface area contributed by atoms with Crippen molar-refractivity contribution in [1.82, 2.24) is 10.2 Å². The fourth-order valence-electron chi connectivity index (χ4n) is 3.74. The molecule has 0 bridgehead atoms. The first-order chi connectivity index (χ1) is 16.9. The fourth-order valence-corrected chi connectivity index (χ4v) is 4.19. The van der Waals surface area contributed by atoms with Crippen molar-refractivity contribution in [2.45, 2.75) is 38.2 Å². The Balaban J connectivity index is 1.40. The molecular formula is C25H27F3N2O5S. The lowest BCUT2D eigenvalue weighted by Gasteiger charge is -2.29. The van der Waals surface area contributed by atoms with Gasteiger partial charge in [0.2, 0.25) is 5.91 Å². The Labute approximate surface area is 208 Å². The van der Waals surface area contributed by atoms with Crippen LogP contribution in [0.25, 0.3) is 6.08 Å². The predicted octanol–water partition coefficient (Wildman–Crippen LogP) is 4.09. The summed E-state index contributed by atoms with van der Waals surface area (Å²) < 4.78 is 64.4. The molecular weight excluding hydrogens is 497 g/mol. The zero-order chi connectivity index (χ0) is 26.3. The largest absolute Gasteiger partial charge is 0.534 e. The Bertz CT molecular complexity index is 1230. The van der Waals surface area contributed by atoms with Crippen molar-refractivity contribution in [2.75, 3.05) is 19.6 Å². The zero-order valence-electron chi connectivity index (χ0n) is 19.7. The van der Waals surface area contributed by atoms with E-state index in [1.54, 1.807) is 36.4 Å². The third-order valence-electron chi connectivity index (χ3n) is 5.70. The Morgan fingerprint density at radius 1 is 1.08 bits per heavy atom. The fraction of sp³-hybridized carbons (Fsp3) is 0.360. The van der Waals surface area contributed by atoms with Crippen molar-refractivity contribution in [2.24, 2.45) is 0 Å². The summed E-state index contributed by atoms with van der Waals surface area (Å²) in [6.45, 7) is 3.94. The van der Waals surface area contributed by atoms with Gasteiger partial charge in [0.05, 0.1) is 0 Å². The van der Waals surface area contributed by atoms with Crippen LogP contribution in [-0.4, -0.2) is 50.2 Å². The van der Waals surface area contributed by atoms with E-state index in [4.69, 9.17) is 0 Å². The number of fused-ring (bicyclic) bond motifs is 1. The molecule has 0 aromatic heterocycles. The summed E-state index contributed by atoms with van der Waals surface area (Å²) in [6.07, 6.45) is 5.33. The van der Waals surface area contributed by atoms with Crippen LogP contribution in [0.2, 0.25) is 0 Å². The Hall–Kier alpha value is -3.18. The Kier molecular flexibility index (Phi) is 8.91. The SMILES string of the molecule is CC(=O)c1ccc(C=CC(=O)NCCCCN2CCc3ccc(OS(=O)(=O)C(F)(F)F)cc3C2)cc1. The van der Waals surface area contributed by atoms with E-state index in [1.165, 1.54) is 25.1 Å². The van der Waals surface area contributed by atoms with Crippen LogP contribution in [0.5, 0.6) is 5.75 Å². The van der Waals surface area contributed by atoms with Gasteiger partial charge >= 0.3 is 15.6 Å². The molecule has 2 aromatic carbocycles. The molecule has 1 N–H and O–H groups in total. The summed E-state index contributed by atoms with van der Waals surface area (Å²) in [5.41, 5.74) is -2.40. The van der Waals surface area contributed by atoms with Crippen molar-refractivity contribution in [3.63, 3.8) is 0 Å². The summed E-state index contributed by atoms with van der Waals surface area (Å²) in [5, 5.41) is 2.81. The van der Waals surface area contributed by atoms with Crippen molar-refractivity contribution >= 4 is 27.9 Å². The first kappa shape index (κ1) is 27.4. The molecule has 36 heavy (non-hydrogen) atoms. The van der Waals surface area contributed by atoms with Crippen LogP contribution in [0.15, 0.2) is 48.5 Å². The second kappa shape index (κ2) is 11.7. The number of ketones is 1. The van der Waals surface area contributed by atoms with E-state index in [0.717, 1.165) is 42.6 Å². The quantitative estimate of drug-likeness (QED) is 0.166. The highest BCUT2D eigenvalue weighted by Crippen LogP contribution is 2.29. The molecule has 1 aliphatic rings. The van der Waals surface area contributed by atoms with Gasteiger partial charge in [0.25, 0.3) is 0 Å². The number of amides is 1. The minimum atomic E-state index is -5.71. The Morgan fingerprint density at radius 2 is 1.81 bits per heavy atom. The maximum absolute atomic E-state index is 12.6. The van der Waals surface area contributed by atoms with Gasteiger partial charge in [-0.3, -0.25) is 14.5 Å². The zero-order valence-corrected chi connectivity index (χ0v) is 20.5. The van der Waals surface area contributed by atoms with Crippen molar-refractivity contribution in [3.8, 4) is 5.75 Å². The van der Waals surface area contributed by atoms with E-state index in [-0.39, 0.29) is 17.4 Å². The number of halogens is 3. The molecule has 0 saturated carbocycles. The van der Waals surface area contributed by atoms with Crippen LogP contribution in [-0.2, 0) is 27.9 Å². The number of unbranched alkanes of at least 4 members (excludes halogenated alkanes) is 1. The van der Waals surface area contributed by atoms with Crippen molar-refractivity contribution in [1.29, 1.82) is 0 Å². The van der Waals surface area contributed by atoms with Gasteiger partial charge in [0, 0.05) is 31.3 Å². The molecule has 0 aliphatic carbocycles. The molecule has 1 heterocycles. The summed E-state index contributed by atoms with van der Waals surface area (Å²) in [7, 11) is -5.71. The maximum Gasteiger partial charge on any atom is 0.534 e. The highest BCUT2D eigenvalue weighted by Gasteiger charge is 2.48. The van der Waals surface area contributed by atoms with Crippen LogP contribution >= 0.6 is 0 Å². The van der Waals surface area contributed by atoms with Crippen molar-refractivity contribution < 1.29 is 35.4 Å². The Morgan fingerprint density at radius 3 is 2.47 bits per heavy atom. The number of alkyl halides is 3. The van der Waals surface area contributed by atoms with Gasteiger partial charge in [-0.2, -0.15) is 21.6 Å². The summed E-state index contributed by atoms with van der Waals surface area (Å²) >= 11 is 0.